The first-order chi connectivity index (χ1) is 25.8. The minimum absolute atomic E-state index is 0.0242. The molecular weight excluding hydrogens is 730 g/mol. The van der Waals surface area contributed by atoms with E-state index in [9.17, 15) is 4.39 Å². The van der Waals surface area contributed by atoms with Crippen molar-refractivity contribution in [3.8, 4) is 0 Å². The number of halogens is 5. The Morgan fingerprint density at radius 3 is 2.06 bits per heavy atom. The van der Waals surface area contributed by atoms with Gasteiger partial charge >= 0.3 is 0 Å². The molecule has 1 fully saturated rings. The Hall–Kier alpha value is -3.61. The first-order valence-corrected chi connectivity index (χ1v) is 21.5. The molecule has 0 radical (unpaired) electrons. The van der Waals surface area contributed by atoms with Crippen molar-refractivity contribution < 1.29 is 26.4 Å². The van der Waals surface area contributed by atoms with Gasteiger partial charge in [0.25, 0.3) is 14.2 Å². The van der Waals surface area contributed by atoms with E-state index in [-0.39, 0.29) is 18.3 Å². The van der Waals surface area contributed by atoms with Crippen molar-refractivity contribution in [2.24, 2.45) is 0 Å². The lowest BCUT2D eigenvalue weighted by molar-refractivity contribution is -0.0819. The zero-order chi connectivity index (χ0) is 38.3. The highest BCUT2D eigenvalue weighted by Crippen LogP contribution is 2.48. The second-order valence-corrected chi connectivity index (χ2v) is 21.3. The summed E-state index contributed by atoms with van der Waals surface area (Å²) < 4.78 is 86.8. The van der Waals surface area contributed by atoms with E-state index in [0.717, 1.165) is 26.0 Å². The van der Waals surface area contributed by atoms with Crippen LogP contribution in [0.25, 0.3) is 10.1 Å². The van der Waals surface area contributed by atoms with Crippen LogP contribution in [-0.4, -0.2) is 75.6 Å². The van der Waals surface area contributed by atoms with Gasteiger partial charge in [0, 0.05) is 46.5 Å². The van der Waals surface area contributed by atoms with Crippen molar-refractivity contribution in [3.63, 3.8) is 0 Å². The first kappa shape index (κ1) is 38.7. The average molecular weight is 778 g/mol. The van der Waals surface area contributed by atoms with E-state index >= 15 is 17.6 Å². The van der Waals surface area contributed by atoms with Gasteiger partial charge in [0.15, 0.2) is 0 Å². The third-order valence-corrected chi connectivity index (χ3v) is 17.2. The Morgan fingerprint density at radius 2 is 1.46 bits per heavy atom. The minimum atomic E-state index is -3.37. The summed E-state index contributed by atoms with van der Waals surface area (Å²) in [6.07, 6.45) is 0.913. The average Bonchev–Trinajstić information content (AvgIpc) is 3.48. The van der Waals surface area contributed by atoms with Crippen molar-refractivity contribution in [1.29, 1.82) is 0 Å². The van der Waals surface area contributed by atoms with Crippen molar-refractivity contribution in [3.05, 3.63) is 125 Å². The third kappa shape index (κ3) is 7.50. The lowest BCUT2D eigenvalue weighted by Crippen LogP contribution is -2.67. The number of rotatable bonds is 13. The SMILES string of the molecule is C[C@@H]1Cc2c(sc3ccccc23)C(c2c(F)cc(NC3CN(CCCF)C3)cc2F)N1CC(F)(F)CO[Si](c1ccccc1)(c1ccccc1)C(C)(C)C. The van der Waals surface area contributed by atoms with Crippen LogP contribution < -0.4 is 15.7 Å². The standard InChI is InChI=1S/C43H48F5N3OSSi/c1-29-22-35-34-18-11-12-19-38(34)53-41(35)40(39-36(45)23-30(24-37(39)46)49-31-25-50(26-31)21-13-20-44)51(29)27-43(47,48)28-52-54(42(2,3)4,32-14-7-5-8-15-32)33-16-9-6-10-17-33/h5-12,14-19,23-24,29,31,40,49H,13,20-22,25-28H2,1-4H3/t29-,40?/m1/s1. The summed E-state index contributed by atoms with van der Waals surface area (Å²) in [6, 6.07) is 28.1. The topological polar surface area (TPSA) is 27.7 Å². The van der Waals surface area contributed by atoms with E-state index in [1.165, 1.54) is 23.5 Å². The van der Waals surface area contributed by atoms with Gasteiger partial charge in [-0.2, -0.15) is 0 Å². The number of alkyl halides is 3. The van der Waals surface area contributed by atoms with Crippen LogP contribution in [0, 0.1) is 11.6 Å². The van der Waals surface area contributed by atoms with Crippen molar-refractivity contribution in [2.75, 3.05) is 44.8 Å². The zero-order valence-corrected chi connectivity index (χ0v) is 33.0. The number of hydrogen-bond donors (Lipinski definition) is 1. The Labute approximate surface area is 320 Å². The Kier molecular flexibility index (Phi) is 11.1. The van der Waals surface area contributed by atoms with Gasteiger partial charge in [-0.15, -0.1) is 11.3 Å². The van der Waals surface area contributed by atoms with Gasteiger partial charge in [0.05, 0.1) is 31.9 Å². The highest BCUT2D eigenvalue weighted by molar-refractivity contribution is 7.19. The predicted octanol–water partition coefficient (Wildman–Crippen LogP) is 9.18. The molecule has 0 aliphatic carbocycles. The Morgan fingerprint density at radius 1 is 0.870 bits per heavy atom. The zero-order valence-electron chi connectivity index (χ0n) is 31.2. The molecule has 2 aliphatic heterocycles. The molecule has 1 unspecified atom stereocenters. The molecule has 11 heteroatoms. The monoisotopic (exact) mass is 777 g/mol. The summed E-state index contributed by atoms with van der Waals surface area (Å²) in [5.74, 6) is -4.95. The molecule has 1 N–H and O–H groups in total. The molecule has 1 saturated heterocycles. The maximum atomic E-state index is 16.8. The van der Waals surface area contributed by atoms with Gasteiger partial charge in [0.1, 0.15) is 11.6 Å². The predicted molar refractivity (Wildman–Crippen MR) is 213 cm³/mol. The van der Waals surface area contributed by atoms with Crippen LogP contribution in [0.1, 0.15) is 56.2 Å². The number of nitrogens with one attached hydrogen (secondary N) is 1. The van der Waals surface area contributed by atoms with E-state index in [1.807, 2.05) is 113 Å². The normalized spacial score (nSPS) is 18.8. The Balaban J connectivity index is 1.23. The van der Waals surface area contributed by atoms with Crippen LogP contribution in [0.15, 0.2) is 97.1 Å². The molecule has 2 aliphatic rings. The van der Waals surface area contributed by atoms with Crippen LogP contribution in [0.2, 0.25) is 5.04 Å². The smallest absolute Gasteiger partial charge is 0.282 e. The number of nitrogens with zero attached hydrogens (tertiary/aromatic N) is 2. The van der Waals surface area contributed by atoms with Gasteiger partial charge in [-0.25, -0.2) is 17.6 Å². The quantitative estimate of drug-likeness (QED) is 0.0954. The van der Waals surface area contributed by atoms with E-state index in [1.54, 1.807) is 4.90 Å². The second kappa shape index (κ2) is 15.5. The largest absolute Gasteiger partial charge is 0.401 e. The molecule has 4 nitrogen and oxygen atoms in total. The number of hydrogen-bond acceptors (Lipinski definition) is 5. The summed E-state index contributed by atoms with van der Waals surface area (Å²) in [5, 5.41) is 5.47. The molecule has 0 bridgehead atoms. The van der Waals surface area contributed by atoms with Crippen LogP contribution in [0.5, 0.6) is 0 Å². The van der Waals surface area contributed by atoms with Crippen molar-refractivity contribution in [2.45, 2.75) is 69.6 Å². The maximum Gasteiger partial charge on any atom is 0.282 e. The summed E-state index contributed by atoms with van der Waals surface area (Å²) in [4.78, 5) is 4.34. The number of benzene rings is 4. The lowest BCUT2D eigenvalue weighted by Gasteiger charge is -2.45. The number of fused-ring (bicyclic) bond motifs is 3. The fourth-order valence-corrected chi connectivity index (χ4v) is 14.4. The summed E-state index contributed by atoms with van der Waals surface area (Å²) in [7, 11) is -3.29. The van der Waals surface area contributed by atoms with E-state index in [4.69, 9.17) is 4.43 Å². The van der Waals surface area contributed by atoms with Crippen molar-refractivity contribution in [1.82, 2.24) is 9.80 Å². The maximum absolute atomic E-state index is 16.8. The fraction of sp³-hybridized carbons (Fsp3) is 0.395. The Bertz CT molecular complexity index is 1990. The molecule has 0 spiro atoms. The van der Waals surface area contributed by atoms with Crippen LogP contribution >= 0.6 is 11.3 Å². The van der Waals surface area contributed by atoms with E-state index in [0.29, 0.717) is 43.0 Å². The molecule has 0 amide bonds. The first-order valence-electron chi connectivity index (χ1n) is 18.7. The van der Waals surface area contributed by atoms with Crippen LogP contribution in [0.3, 0.4) is 0 Å². The van der Waals surface area contributed by atoms with Gasteiger partial charge < -0.3 is 9.74 Å². The molecule has 286 valence electrons. The van der Waals surface area contributed by atoms with Gasteiger partial charge in [-0.1, -0.05) is 99.6 Å². The van der Waals surface area contributed by atoms with E-state index < -0.39 is 56.1 Å². The van der Waals surface area contributed by atoms with Gasteiger partial charge in [0.2, 0.25) is 0 Å². The number of anilines is 1. The molecule has 4 aromatic carbocycles. The molecule has 1 aromatic heterocycles. The number of likely N-dealkylation sites (tertiary alicyclic amines) is 1. The third-order valence-electron chi connectivity index (χ3n) is 11.0. The molecule has 7 rings (SSSR count). The molecule has 2 atom stereocenters. The number of thiophene rings is 1. The van der Waals surface area contributed by atoms with Crippen LogP contribution in [0.4, 0.5) is 27.6 Å². The second-order valence-electron chi connectivity index (χ2n) is 15.9. The lowest BCUT2D eigenvalue weighted by atomic mass is 9.88. The van der Waals surface area contributed by atoms with E-state index in [2.05, 4.69) is 10.2 Å². The summed E-state index contributed by atoms with van der Waals surface area (Å²) in [5.41, 5.74) is 1.00. The molecular formula is C43H48F5N3OSSi. The minimum Gasteiger partial charge on any atom is -0.401 e. The summed E-state index contributed by atoms with van der Waals surface area (Å²) in [6.45, 7) is 7.93. The highest BCUT2D eigenvalue weighted by atomic mass is 32.1. The highest BCUT2D eigenvalue weighted by Gasteiger charge is 2.52. The van der Waals surface area contributed by atoms with Gasteiger partial charge in [-0.05, 0) is 64.3 Å². The fourth-order valence-electron chi connectivity index (χ4n) is 8.49. The summed E-state index contributed by atoms with van der Waals surface area (Å²) >= 11 is 1.41. The van der Waals surface area contributed by atoms with Crippen molar-refractivity contribution >= 4 is 45.8 Å². The van der Waals surface area contributed by atoms with Crippen LogP contribution in [-0.2, 0) is 10.8 Å². The molecule has 5 aromatic rings. The molecule has 0 saturated carbocycles. The van der Waals surface area contributed by atoms with Gasteiger partial charge in [-0.3, -0.25) is 14.2 Å². The molecule has 54 heavy (non-hydrogen) atoms. The molecule has 3 heterocycles.